The smallest absolute Gasteiger partial charge is 0.341 e. The van der Waals surface area contributed by atoms with Crippen LogP contribution in [0.15, 0.2) is 53.5 Å². The van der Waals surface area contributed by atoms with E-state index in [9.17, 15) is 9.59 Å². The number of fused-ring (bicyclic) bond motifs is 1. The van der Waals surface area contributed by atoms with E-state index >= 15 is 0 Å². The second-order valence-corrected chi connectivity index (χ2v) is 7.59. The van der Waals surface area contributed by atoms with Gasteiger partial charge >= 0.3 is 5.97 Å². The van der Waals surface area contributed by atoms with E-state index in [4.69, 9.17) is 16.3 Å². The van der Waals surface area contributed by atoms with Gasteiger partial charge < -0.3 is 10.1 Å². The number of cyclic esters (lactones) is 1. The van der Waals surface area contributed by atoms with Crippen LogP contribution in [0, 0.1) is 0 Å². The van der Waals surface area contributed by atoms with E-state index in [1.54, 1.807) is 48.5 Å². The fourth-order valence-electron chi connectivity index (χ4n) is 3.70. The van der Waals surface area contributed by atoms with E-state index < -0.39 is 12.1 Å². The highest BCUT2D eigenvalue weighted by molar-refractivity contribution is 6.30. The maximum absolute atomic E-state index is 13.1. The third-order valence-electron chi connectivity index (χ3n) is 5.17. The number of esters is 1. The topological polar surface area (TPSA) is 67.8 Å². The Bertz CT molecular complexity index is 918. The lowest BCUT2D eigenvalue weighted by Gasteiger charge is -2.25. The lowest BCUT2D eigenvalue weighted by molar-refractivity contribution is -0.127. The molecule has 1 aliphatic carbocycles. The number of ether oxygens (including phenoxy) is 1. The van der Waals surface area contributed by atoms with Crippen LogP contribution in [-0.4, -0.2) is 29.7 Å². The number of nitrogens with one attached hydrogen (secondary N) is 1. The molecule has 1 N–H and O–H groups in total. The first kappa shape index (κ1) is 18.7. The Kier molecular flexibility index (Phi) is 5.44. The third kappa shape index (κ3) is 3.94. The number of carbonyl (C=O) groups excluding carboxylic acids is 2. The van der Waals surface area contributed by atoms with Gasteiger partial charge in [-0.1, -0.05) is 55.1 Å². The molecule has 1 fully saturated rings. The van der Waals surface area contributed by atoms with Crippen molar-refractivity contribution in [1.82, 2.24) is 5.32 Å². The van der Waals surface area contributed by atoms with Crippen LogP contribution in [0.5, 0.6) is 0 Å². The second kappa shape index (κ2) is 8.15. The van der Waals surface area contributed by atoms with Crippen molar-refractivity contribution in [2.75, 3.05) is 0 Å². The summed E-state index contributed by atoms with van der Waals surface area (Å²) in [4.78, 5) is 30.4. The molecule has 0 saturated heterocycles. The quantitative estimate of drug-likeness (QED) is 0.779. The Labute approximate surface area is 168 Å². The van der Waals surface area contributed by atoms with Crippen LogP contribution in [0.4, 0.5) is 5.69 Å². The molecule has 2 aromatic rings. The summed E-state index contributed by atoms with van der Waals surface area (Å²) < 4.78 is 5.62. The zero-order chi connectivity index (χ0) is 19.5. The lowest BCUT2D eigenvalue weighted by atomic mass is 9.95. The summed E-state index contributed by atoms with van der Waals surface area (Å²) in [5.74, 6) is -0.881. The predicted octanol–water partition coefficient (Wildman–Crippen LogP) is 4.45. The molecule has 1 saturated carbocycles. The molecule has 5 nitrogen and oxygen atoms in total. The van der Waals surface area contributed by atoms with Crippen LogP contribution < -0.4 is 5.32 Å². The summed E-state index contributed by atoms with van der Waals surface area (Å²) in [7, 11) is 0. The zero-order valence-electron chi connectivity index (χ0n) is 15.4. The predicted molar refractivity (Wildman–Crippen MR) is 108 cm³/mol. The van der Waals surface area contributed by atoms with Gasteiger partial charge in [0.2, 0.25) is 6.10 Å². The number of hydrogen-bond acceptors (Lipinski definition) is 4. The van der Waals surface area contributed by atoms with Crippen molar-refractivity contribution >= 4 is 34.9 Å². The van der Waals surface area contributed by atoms with Crippen LogP contribution in [0.2, 0.25) is 5.02 Å². The van der Waals surface area contributed by atoms with Gasteiger partial charge in [0.1, 0.15) is 0 Å². The first-order valence-corrected chi connectivity index (χ1v) is 9.94. The average Bonchev–Trinajstić information content (AvgIpc) is 2.86. The molecule has 1 unspecified atom stereocenters. The van der Waals surface area contributed by atoms with Crippen LogP contribution in [0.1, 0.15) is 48.0 Å². The Morgan fingerprint density at radius 3 is 2.50 bits per heavy atom. The number of amides is 1. The molecule has 1 atom stereocenters. The molecule has 2 aliphatic rings. The van der Waals surface area contributed by atoms with Gasteiger partial charge in [-0.3, -0.25) is 4.79 Å². The van der Waals surface area contributed by atoms with E-state index in [2.05, 4.69) is 10.3 Å². The number of halogens is 1. The third-order valence-corrected chi connectivity index (χ3v) is 5.42. The van der Waals surface area contributed by atoms with Crippen LogP contribution in [0.3, 0.4) is 0 Å². The number of nitrogens with zero attached hydrogens (tertiary/aromatic N) is 1. The van der Waals surface area contributed by atoms with Gasteiger partial charge in [0.15, 0.2) is 0 Å². The number of para-hydroxylation sites is 1. The Morgan fingerprint density at radius 2 is 1.75 bits per heavy atom. The number of carbonyl (C=O) groups is 2. The van der Waals surface area contributed by atoms with Gasteiger partial charge in [-0.2, -0.15) is 0 Å². The van der Waals surface area contributed by atoms with Crippen molar-refractivity contribution < 1.29 is 14.3 Å². The van der Waals surface area contributed by atoms with Gasteiger partial charge in [0, 0.05) is 16.6 Å². The number of rotatable bonds is 3. The molecule has 2 aromatic carbocycles. The highest BCUT2D eigenvalue weighted by Gasteiger charge is 2.34. The van der Waals surface area contributed by atoms with E-state index in [-0.39, 0.29) is 11.9 Å². The van der Waals surface area contributed by atoms with Crippen LogP contribution in [0.25, 0.3) is 0 Å². The van der Waals surface area contributed by atoms with E-state index in [1.807, 2.05) is 0 Å². The molecule has 144 valence electrons. The fraction of sp³-hybridized carbons (Fsp3) is 0.318. The fourth-order valence-corrected chi connectivity index (χ4v) is 3.82. The SMILES string of the molecule is O=C1OC(C(=O)NC2CCCCC2)C(c2ccc(Cl)cc2)=Nc2ccccc21. The van der Waals surface area contributed by atoms with Crippen molar-refractivity contribution in [3.8, 4) is 0 Å². The zero-order valence-corrected chi connectivity index (χ0v) is 16.1. The Balaban J connectivity index is 1.71. The van der Waals surface area contributed by atoms with Gasteiger partial charge in [0.25, 0.3) is 5.91 Å². The molecular formula is C22H21ClN2O3. The highest BCUT2D eigenvalue weighted by Crippen LogP contribution is 2.27. The average molecular weight is 397 g/mol. The lowest BCUT2D eigenvalue weighted by Crippen LogP contribution is -2.47. The van der Waals surface area contributed by atoms with E-state index in [1.165, 1.54) is 6.42 Å². The monoisotopic (exact) mass is 396 g/mol. The van der Waals surface area contributed by atoms with Crippen molar-refractivity contribution in [2.24, 2.45) is 4.99 Å². The minimum absolute atomic E-state index is 0.108. The summed E-state index contributed by atoms with van der Waals surface area (Å²) >= 11 is 6.01. The van der Waals surface area contributed by atoms with Crippen molar-refractivity contribution in [2.45, 2.75) is 44.2 Å². The molecule has 1 amide bonds. The molecule has 6 heteroatoms. The number of benzene rings is 2. The Hall–Kier alpha value is -2.66. The van der Waals surface area contributed by atoms with Crippen LogP contribution in [-0.2, 0) is 9.53 Å². The van der Waals surface area contributed by atoms with Crippen molar-refractivity contribution in [1.29, 1.82) is 0 Å². The molecule has 4 rings (SSSR count). The summed E-state index contributed by atoms with van der Waals surface area (Å²) in [6, 6.07) is 14.1. The summed E-state index contributed by atoms with van der Waals surface area (Å²) in [6.45, 7) is 0. The summed E-state index contributed by atoms with van der Waals surface area (Å²) in [6.07, 6.45) is 4.17. The molecule has 0 spiro atoms. The number of aliphatic imine (C=N–C) groups is 1. The summed E-state index contributed by atoms with van der Waals surface area (Å²) in [5.41, 5.74) is 1.94. The molecule has 0 bridgehead atoms. The summed E-state index contributed by atoms with van der Waals surface area (Å²) in [5, 5.41) is 3.63. The molecular weight excluding hydrogens is 376 g/mol. The van der Waals surface area contributed by atoms with Crippen molar-refractivity contribution in [3.05, 3.63) is 64.7 Å². The molecule has 0 aromatic heterocycles. The van der Waals surface area contributed by atoms with E-state index in [0.29, 0.717) is 27.5 Å². The molecule has 0 radical (unpaired) electrons. The first-order valence-electron chi connectivity index (χ1n) is 9.57. The molecule has 1 heterocycles. The normalized spacial score (nSPS) is 19.8. The van der Waals surface area contributed by atoms with Crippen molar-refractivity contribution in [3.63, 3.8) is 0 Å². The second-order valence-electron chi connectivity index (χ2n) is 7.15. The number of hydrogen-bond donors (Lipinski definition) is 1. The standard InChI is InChI=1S/C22H21ClN2O3/c23-15-12-10-14(11-13-15)19-20(21(26)24-16-6-2-1-3-7-16)28-22(27)17-8-4-5-9-18(17)25-19/h4-5,8-13,16,20H,1-3,6-7H2,(H,24,26). The van der Waals surface area contributed by atoms with Gasteiger partial charge in [-0.25, -0.2) is 9.79 Å². The largest absolute Gasteiger partial charge is 0.442 e. The molecule has 28 heavy (non-hydrogen) atoms. The van der Waals surface area contributed by atoms with Gasteiger partial charge in [-0.05, 0) is 37.1 Å². The highest BCUT2D eigenvalue weighted by atomic mass is 35.5. The van der Waals surface area contributed by atoms with E-state index in [0.717, 1.165) is 25.7 Å². The maximum atomic E-state index is 13.1. The minimum Gasteiger partial charge on any atom is -0.442 e. The van der Waals surface area contributed by atoms with Gasteiger partial charge in [-0.15, -0.1) is 0 Å². The minimum atomic E-state index is -1.11. The van der Waals surface area contributed by atoms with Gasteiger partial charge in [0.05, 0.1) is 17.0 Å². The van der Waals surface area contributed by atoms with Crippen LogP contribution >= 0.6 is 11.6 Å². The maximum Gasteiger partial charge on any atom is 0.341 e. The molecule has 1 aliphatic heterocycles. The first-order chi connectivity index (χ1) is 13.6. The Morgan fingerprint density at radius 1 is 1.04 bits per heavy atom.